The van der Waals surface area contributed by atoms with Crippen molar-refractivity contribution in [2.75, 3.05) is 11.9 Å². The molecule has 1 atom stereocenters. The third-order valence-corrected chi connectivity index (χ3v) is 3.08. The number of hydrogen-bond donors (Lipinski definition) is 1. The molecular formula is C15H19NO2. The van der Waals surface area contributed by atoms with E-state index in [9.17, 15) is 5.11 Å². The van der Waals surface area contributed by atoms with Crippen molar-refractivity contribution in [3.05, 3.63) is 54.0 Å². The quantitative estimate of drug-likeness (QED) is 0.877. The Labute approximate surface area is 108 Å². The zero-order chi connectivity index (χ0) is 13.0. The second kappa shape index (κ2) is 5.74. The number of rotatable bonds is 5. The monoisotopic (exact) mass is 245 g/mol. The molecule has 0 fully saturated rings. The lowest BCUT2D eigenvalue weighted by molar-refractivity contribution is 0.173. The first kappa shape index (κ1) is 12.7. The molecule has 1 heterocycles. The molecule has 2 rings (SSSR count). The third-order valence-electron chi connectivity index (χ3n) is 3.08. The molecule has 0 amide bonds. The van der Waals surface area contributed by atoms with Gasteiger partial charge in [0.15, 0.2) is 0 Å². The molecule has 0 radical (unpaired) electrons. The van der Waals surface area contributed by atoms with E-state index in [1.54, 1.807) is 6.26 Å². The summed E-state index contributed by atoms with van der Waals surface area (Å²) >= 11 is 0. The van der Waals surface area contributed by atoms with Crippen LogP contribution < -0.4 is 4.90 Å². The minimum atomic E-state index is -0.366. The van der Waals surface area contributed by atoms with Gasteiger partial charge >= 0.3 is 0 Å². The molecule has 0 bridgehead atoms. The van der Waals surface area contributed by atoms with Crippen LogP contribution in [0.1, 0.15) is 30.8 Å². The zero-order valence-electron chi connectivity index (χ0n) is 10.8. The molecule has 0 aliphatic rings. The molecule has 0 aliphatic heterocycles. The van der Waals surface area contributed by atoms with E-state index in [-0.39, 0.29) is 6.10 Å². The van der Waals surface area contributed by atoms with Crippen LogP contribution >= 0.6 is 0 Å². The van der Waals surface area contributed by atoms with Crippen LogP contribution in [0.15, 0.2) is 47.1 Å². The Morgan fingerprint density at radius 1 is 1.22 bits per heavy atom. The average Bonchev–Trinajstić information content (AvgIpc) is 2.91. The van der Waals surface area contributed by atoms with Crippen LogP contribution in [0.25, 0.3) is 0 Å². The van der Waals surface area contributed by atoms with E-state index in [4.69, 9.17) is 4.42 Å². The van der Waals surface area contributed by atoms with Crippen molar-refractivity contribution in [1.29, 1.82) is 0 Å². The van der Waals surface area contributed by atoms with Crippen LogP contribution in [-0.2, 0) is 6.54 Å². The van der Waals surface area contributed by atoms with Crippen molar-refractivity contribution >= 4 is 5.69 Å². The minimum absolute atomic E-state index is 0.366. The molecule has 0 spiro atoms. The predicted octanol–water partition coefficient (Wildman–Crippen LogP) is 3.36. The zero-order valence-corrected chi connectivity index (χ0v) is 10.8. The fourth-order valence-corrected chi connectivity index (χ4v) is 1.91. The van der Waals surface area contributed by atoms with Crippen LogP contribution in [-0.4, -0.2) is 12.2 Å². The highest BCUT2D eigenvalue weighted by atomic mass is 16.3. The minimum Gasteiger partial charge on any atom is -0.467 e. The summed E-state index contributed by atoms with van der Waals surface area (Å²) in [5.41, 5.74) is 2.08. The standard InChI is InChI=1S/C15H19NO2/c1-3-15(17)12-6-8-13(9-7-12)16(2)11-14-5-4-10-18-14/h4-10,15,17H,3,11H2,1-2H3/t15-/m0/s1. The summed E-state index contributed by atoms with van der Waals surface area (Å²) in [5.74, 6) is 0.940. The molecule has 3 heteroatoms. The largest absolute Gasteiger partial charge is 0.467 e. The molecule has 96 valence electrons. The van der Waals surface area contributed by atoms with E-state index in [0.29, 0.717) is 0 Å². The molecule has 18 heavy (non-hydrogen) atoms. The molecule has 3 nitrogen and oxygen atoms in total. The highest BCUT2D eigenvalue weighted by molar-refractivity contribution is 5.47. The normalized spacial score (nSPS) is 12.4. The Morgan fingerprint density at radius 3 is 2.50 bits per heavy atom. The van der Waals surface area contributed by atoms with Crippen LogP contribution in [0.2, 0.25) is 0 Å². The summed E-state index contributed by atoms with van der Waals surface area (Å²) in [5, 5.41) is 9.74. The Morgan fingerprint density at radius 2 is 1.94 bits per heavy atom. The van der Waals surface area contributed by atoms with Gasteiger partial charge < -0.3 is 14.4 Å². The van der Waals surface area contributed by atoms with E-state index < -0.39 is 0 Å². The van der Waals surface area contributed by atoms with Gasteiger partial charge in [0.25, 0.3) is 0 Å². The van der Waals surface area contributed by atoms with E-state index in [0.717, 1.165) is 30.0 Å². The molecule has 0 saturated carbocycles. The Hall–Kier alpha value is -1.74. The molecule has 2 aromatic rings. The topological polar surface area (TPSA) is 36.6 Å². The SMILES string of the molecule is CC[C@H](O)c1ccc(N(C)Cc2ccco2)cc1. The van der Waals surface area contributed by atoms with Gasteiger partial charge in [-0.05, 0) is 36.2 Å². The fourth-order valence-electron chi connectivity index (χ4n) is 1.91. The molecule has 0 aliphatic carbocycles. The summed E-state index contributed by atoms with van der Waals surface area (Å²) in [6.45, 7) is 2.71. The first-order chi connectivity index (χ1) is 8.70. The van der Waals surface area contributed by atoms with Crippen molar-refractivity contribution < 1.29 is 9.52 Å². The van der Waals surface area contributed by atoms with E-state index >= 15 is 0 Å². The van der Waals surface area contributed by atoms with Crippen molar-refractivity contribution in [3.63, 3.8) is 0 Å². The van der Waals surface area contributed by atoms with Gasteiger partial charge in [0.2, 0.25) is 0 Å². The molecule has 1 aromatic heterocycles. The molecule has 0 saturated heterocycles. The molecular weight excluding hydrogens is 226 g/mol. The second-order valence-corrected chi connectivity index (χ2v) is 4.45. The van der Waals surface area contributed by atoms with E-state index in [2.05, 4.69) is 4.90 Å². The Balaban J connectivity index is 2.04. The van der Waals surface area contributed by atoms with Gasteiger partial charge in [0.1, 0.15) is 5.76 Å². The average molecular weight is 245 g/mol. The summed E-state index contributed by atoms with van der Waals surface area (Å²) in [6.07, 6.45) is 2.06. The first-order valence-corrected chi connectivity index (χ1v) is 6.22. The third kappa shape index (κ3) is 2.93. The number of hydrogen-bond acceptors (Lipinski definition) is 3. The van der Waals surface area contributed by atoms with Crippen LogP contribution in [0.5, 0.6) is 0 Å². The smallest absolute Gasteiger partial charge is 0.123 e. The summed E-state index contributed by atoms with van der Waals surface area (Å²) in [7, 11) is 2.02. The number of nitrogens with zero attached hydrogens (tertiary/aromatic N) is 1. The number of benzene rings is 1. The Kier molecular flexibility index (Phi) is 4.05. The lowest BCUT2D eigenvalue weighted by Crippen LogP contribution is -2.15. The maximum Gasteiger partial charge on any atom is 0.123 e. The number of furan rings is 1. The highest BCUT2D eigenvalue weighted by Crippen LogP contribution is 2.21. The molecule has 0 unspecified atom stereocenters. The van der Waals surface area contributed by atoms with Crippen molar-refractivity contribution in [2.24, 2.45) is 0 Å². The fraction of sp³-hybridized carbons (Fsp3) is 0.333. The van der Waals surface area contributed by atoms with Crippen molar-refractivity contribution in [2.45, 2.75) is 26.0 Å². The van der Waals surface area contributed by atoms with Crippen molar-refractivity contribution in [3.8, 4) is 0 Å². The van der Waals surface area contributed by atoms with Crippen LogP contribution in [0.4, 0.5) is 5.69 Å². The lowest BCUT2D eigenvalue weighted by Gasteiger charge is -2.18. The summed E-state index contributed by atoms with van der Waals surface area (Å²) < 4.78 is 5.32. The summed E-state index contributed by atoms with van der Waals surface area (Å²) in [4.78, 5) is 2.11. The Bertz CT molecular complexity index is 462. The van der Waals surface area contributed by atoms with Gasteiger partial charge in [-0.3, -0.25) is 0 Å². The second-order valence-electron chi connectivity index (χ2n) is 4.45. The number of aliphatic hydroxyl groups excluding tert-OH is 1. The van der Waals surface area contributed by atoms with Gasteiger partial charge in [0.05, 0.1) is 18.9 Å². The van der Waals surface area contributed by atoms with Gasteiger partial charge in [-0.25, -0.2) is 0 Å². The van der Waals surface area contributed by atoms with Gasteiger partial charge in [-0.15, -0.1) is 0 Å². The molecule has 1 N–H and O–H groups in total. The van der Waals surface area contributed by atoms with Gasteiger partial charge in [0, 0.05) is 12.7 Å². The first-order valence-electron chi connectivity index (χ1n) is 6.22. The maximum absolute atomic E-state index is 9.74. The number of aliphatic hydroxyl groups is 1. The van der Waals surface area contributed by atoms with Gasteiger partial charge in [-0.2, -0.15) is 0 Å². The van der Waals surface area contributed by atoms with Gasteiger partial charge in [-0.1, -0.05) is 19.1 Å². The lowest BCUT2D eigenvalue weighted by atomic mass is 10.1. The van der Waals surface area contributed by atoms with Crippen LogP contribution in [0.3, 0.4) is 0 Å². The summed E-state index contributed by atoms with van der Waals surface area (Å²) in [6, 6.07) is 11.9. The van der Waals surface area contributed by atoms with Crippen molar-refractivity contribution in [1.82, 2.24) is 0 Å². The van der Waals surface area contributed by atoms with E-state index in [1.807, 2.05) is 50.4 Å². The maximum atomic E-state index is 9.74. The van der Waals surface area contributed by atoms with E-state index in [1.165, 1.54) is 0 Å². The van der Waals surface area contributed by atoms with Crippen LogP contribution in [0, 0.1) is 0 Å². The highest BCUT2D eigenvalue weighted by Gasteiger charge is 2.07. The predicted molar refractivity (Wildman–Crippen MR) is 72.5 cm³/mol. The molecule has 1 aromatic carbocycles. The number of anilines is 1.